The van der Waals surface area contributed by atoms with Crippen molar-refractivity contribution in [1.29, 1.82) is 0 Å². The van der Waals surface area contributed by atoms with Crippen LogP contribution in [-0.4, -0.2) is 76.3 Å². The molecule has 0 aromatic heterocycles. The van der Waals surface area contributed by atoms with E-state index >= 15 is 0 Å². The van der Waals surface area contributed by atoms with E-state index in [2.05, 4.69) is 10.6 Å². The Morgan fingerprint density at radius 2 is 1.60 bits per heavy atom. The van der Waals surface area contributed by atoms with Gasteiger partial charge in [0.1, 0.15) is 18.6 Å². The highest BCUT2D eigenvalue weighted by atomic mass is 16.4. The van der Waals surface area contributed by atoms with Crippen molar-refractivity contribution in [2.45, 2.75) is 38.0 Å². The van der Waals surface area contributed by atoms with Gasteiger partial charge in [0.2, 0.25) is 17.7 Å². The molecule has 25 heavy (non-hydrogen) atoms. The number of hydrogen-bond acceptors (Lipinski definition) is 7. The van der Waals surface area contributed by atoms with Crippen LogP contribution in [0, 0.1) is 0 Å². The summed E-state index contributed by atoms with van der Waals surface area (Å²) in [7, 11) is 0. The number of carboxylic acid groups (broad SMARTS) is 2. The molecule has 0 aliphatic rings. The van der Waals surface area contributed by atoms with Crippen molar-refractivity contribution in [2.75, 3.05) is 13.1 Å². The van der Waals surface area contributed by atoms with Gasteiger partial charge in [-0.2, -0.15) is 0 Å². The minimum absolute atomic E-state index is 0.316. The third-order valence-corrected chi connectivity index (χ3v) is 2.96. The summed E-state index contributed by atoms with van der Waals surface area (Å²) in [6.45, 7) is 0.0673. The number of aliphatic hydroxyl groups is 1. The number of nitrogens with two attached hydrogens (primary N) is 1. The standard InChI is InChI=1S/C13H22N4O8/c1-6(18)11(17-8(19)4-14)13(25)16-7(2-3-9(20)21)12(24)15-5-10(22)23/h6-7,11,18H,2-5,14H2,1H3,(H,15,24)(H,16,25)(H,17,19)(H,20,21)(H,22,23). The number of carbonyl (C=O) groups excluding carboxylic acids is 3. The maximum atomic E-state index is 12.2. The molecule has 3 atom stereocenters. The third-order valence-electron chi connectivity index (χ3n) is 2.96. The first-order chi connectivity index (χ1) is 11.6. The van der Waals surface area contributed by atoms with Gasteiger partial charge in [0, 0.05) is 6.42 Å². The summed E-state index contributed by atoms with van der Waals surface area (Å²) >= 11 is 0. The molecule has 3 amide bonds. The van der Waals surface area contributed by atoms with Gasteiger partial charge in [-0.1, -0.05) is 0 Å². The number of rotatable bonds is 11. The highest BCUT2D eigenvalue weighted by Crippen LogP contribution is 2.01. The molecule has 0 fully saturated rings. The second kappa shape index (κ2) is 10.9. The maximum Gasteiger partial charge on any atom is 0.322 e. The van der Waals surface area contributed by atoms with E-state index in [1.807, 2.05) is 5.32 Å². The Kier molecular flexibility index (Phi) is 9.74. The Bertz CT molecular complexity index is 522. The lowest BCUT2D eigenvalue weighted by Gasteiger charge is -2.24. The molecule has 0 spiro atoms. The predicted molar refractivity (Wildman–Crippen MR) is 82.1 cm³/mol. The molecule has 0 rings (SSSR count). The smallest absolute Gasteiger partial charge is 0.322 e. The van der Waals surface area contributed by atoms with Crippen molar-refractivity contribution in [3.05, 3.63) is 0 Å². The van der Waals surface area contributed by atoms with E-state index in [9.17, 15) is 29.1 Å². The number of amides is 3. The monoisotopic (exact) mass is 362 g/mol. The highest BCUT2D eigenvalue weighted by Gasteiger charge is 2.29. The number of carbonyl (C=O) groups is 5. The Morgan fingerprint density at radius 3 is 2.04 bits per heavy atom. The minimum Gasteiger partial charge on any atom is -0.481 e. The molecule has 12 nitrogen and oxygen atoms in total. The lowest BCUT2D eigenvalue weighted by Crippen LogP contribution is -2.58. The molecule has 0 saturated carbocycles. The largest absolute Gasteiger partial charge is 0.481 e. The fourth-order valence-electron chi connectivity index (χ4n) is 1.72. The van der Waals surface area contributed by atoms with Gasteiger partial charge in [-0.05, 0) is 13.3 Å². The van der Waals surface area contributed by atoms with Crippen LogP contribution in [0.5, 0.6) is 0 Å². The Balaban J connectivity index is 5.06. The number of aliphatic hydroxyl groups excluding tert-OH is 1. The molecule has 0 aliphatic carbocycles. The molecule has 3 unspecified atom stereocenters. The van der Waals surface area contributed by atoms with Gasteiger partial charge in [-0.25, -0.2) is 0 Å². The fourth-order valence-corrected chi connectivity index (χ4v) is 1.72. The van der Waals surface area contributed by atoms with Gasteiger partial charge in [0.15, 0.2) is 0 Å². The van der Waals surface area contributed by atoms with Gasteiger partial charge in [0.25, 0.3) is 0 Å². The van der Waals surface area contributed by atoms with Crippen LogP contribution in [0.15, 0.2) is 0 Å². The quantitative estimate of drug-likeness (QED) is 0.193. The number of nitrogens with one attached hydrogen (secondary N) is 3. The van der Waals surface area contributed by atoms with Crippen LogP contribution in [0.3, 0.4) is 0 Å². The zero-order valence-corrected chi connectivity index (χ0v) is 13.5. The second-order valence-electron chi connectivity index (χ2n) is 5.10. The highest BCUT2D eigenvalue weighted by molar-refractivity contribution is 5.93. The molecule has 0 aromatic rings. The molecule has 0 radical (unpaired) electrons. The summed E-state index contributed by atoms with van der Waals surface area (Å²) in [5.74, 6) is -5.13. The van der Waals surface area contributed by atoms with Gasteiger partial charge in [0.05, 0.1) is 12.6 Å². The van der Waals surface area contributed by atoms with E-state index in [4.69, 9.17) is 15.9 Å². The van der Waals surface area contributed by atoms with Crippen LogP contribution in [0.2, 0.25) is 0 Å². The van der Waals surface area contributed by atoms with Gasteiger partial charge >= 0.3 is 11.9 Å². The van der Waals surface area contributed by atoms with E-state index in [1.165, 1.54) is 6.92 Å². The van der Waals surface area contributed by atoms with Gasteiger partial charge in [-0.3, -0.25) is 24.0 Å². The van der Waals surface area contributed by atoms with Gasteiger partial charge < -0.3 is 37.0 Å². The number of carboxylic acids is 2. The Labute approximate surface area is 142 Å². The molecule has 12 heteroatoms. The number of hydrogen-bond donors (Lipinski definition) is 7. The SMILES string of the molecule is CC(O)C(NC(=O)CN)C(=O)NC(CCC(=O)O)C(=O)NCC(=O)O. The fraction of sp³-hybridized carbons (Fsp3) is 0.615. The summed E-state index contributed by atoms with van der Waals surface area (Å²) < 4.78 is 0. The molecule has 8 N–H and O–H groups in total. The molecule has 0 aliphatic heterocycles. The summed E-state index contributed by atoms with van der Waals surface area (Å²) in [5, 5.41) is 33.2. The van der Waals surface area contributed by atoms with Crippen LogP contribution in [0.25, 0.3) is 0 Å². The van der Waals surface area contributed by atoms with Crippen molar-refractivity contribution in [1.82, 2.24) is 16.0 Å². The van der Waals surface area contributed by atoms with E-state index in [-0.39, 0.29) is 6.42 Å². The second-order valence-corrected chi connectivity index (χ2v) is 5.10. The maximum absolute atomic E-state index is 12.2. The van der Waals surface area contributed by atoms with Crippen LogP contribution >= 0.6 is 0 Å². The lowest BCUT2D eigenvalue weighted by atomic mass is 10.1. The summed E-state index contributed by atoms with van der Waals surface area (Å²) in [4.78, 5) is 56.5. The van der Waals surface area contributed by atoms with Crippen molar-refractivity contribution >= 4 is 29.7 Å². The molecular formula is C13H22N4O8. The lowest BCUT2D eigenvalue weighted by molar-refractivity contribution is -0.140. The topological polar surface area (TPSA) is 208 Å². The van der Waals surface area contributed by atoms with Crippen LogP contribution in [0.1, 0.15) is 19.8 Å². The first-order valence-corrected chi connectivity index (χ1v) is 7.27. The normalized spacial score (nSPS) is 13.9. The predicted octanol–water partition coefficient (Wildman–Crippen LogP) is -3.64. The van der Waals surface area contributed by atoms with Crippen molar-refractivity contribution in [3.8, 4) is 0 Å². The Morgan fingerprint density at radius 1 is 1.00 bits per heavy atom. The van der Waals surface area contributed by atoms with Crippen molar-refractivity contribution in [3.63, 3.8) is 0 Å². The van der Waals surface area contributed by atoms with Crippen LogP contribution in [0.4, 0.5) is 0 Å². The average Bonchev–Trinajstić information content (AvgIpc) is 2.52. The molecule has 0 heterocycles. The summed E-state index contributed by atoms with van der Waals surface area (Å²) in [6.07, 6.45) is -2.11. The Hall–Kier alpha value is -2.73. The molecular weight excluding hydrogens is 340 g/mol. The van der Waals surface area contributed by atoms with Crippen molar-refractivity contribution in [2.24, 2.45) is 5.73 Å². The zero-order chi connectivity index (χ0) is 19.6. The molecule has 142 valence electrons. The summed E-state index contributed by atoms with van der Waals surface area (Å²) in [6, 6.07) is -2.78. The first kappa shape index (κ1) is 22.3. The van der Waals surface area contributed by atoms with E-state index < -0.39 is 67.4 Å². The van der Waals surface area contributed by atoms with E-state index in [0.29, 0.717) is 0 Å². The van der Waals surface area contributed by atoms with Gasteiger partial charge in [-0.15, -0.1) is 0 Å². The summed E-state index contributed by atoms with van der Waals surface area (Å²) in [5.41, 5.74) is 5.11. The number of aliphatic carboxylic acids is 2. The van der Waals surface area contributed by atoms with E-state index in [0.717, 1.165) is 0 Å². The van der Waals surface area contributed by atoms with Crippen molar-refractivity contribution < 1.29 is 39.3 Å². The van der Waals surface area contributed by atoms with Crippen LogP contribution in [-0.2, 0) is 24.0 Å². The first-order valence-electron chi connectivity index (χ1n) is 7.27. The molecule has 0 bridgehead atoms. The zero-order valence-electron chi connectivity index (χ0n) is 13.5. The van der Waals surface area contributed by atoms with E-state index in [1.54, 1.807) is 0 Å². The average molecular weight is 362 g/mol. The van der Waals surface area contributed by atoms with Crippen LogP contribution < -0.4 is 21.7 Å². The molecule has 0 saturated heterocycles. The third kappa shape index (κ3) is 9.22. The molecule has 0 aromatic carbocycles. The minimum atomic E-state index is -1.42.